The number of thiophene rings is 1. The second-order valence-electron chi connectivity index (χ2n) is 3.85. The highest BCUT2D eigenvalue weighted by molar-refractivity contribution is 9.10. The van der Waals surface area contributed by atoms with E-state index in [4.69, 9.17) is 21.4 Å². The van der Waals surface area contributed by atoms with Crippen molar-refractivity contribution in [3.05, 3.63) is 53.6 Å². The number of nitro benzene ring substituents is 1. The zero-order valence-electron chi connectivity index (χ0n) is 10.2. The van der Waals surface area contributed by atoms with E-state index in [2.05, 4.69) is 15.9 Å². The lowest BCUT2D eigenvalue weighted by molar-refractivity contribution is -0.386. The first kappa shape index (κ1) is 15.7. The maximum atomic E-state index is 11.0. The number of carbonyl (C=O) groups is 1. The molecule has 1 aromatic heterocycles. The normalized spacial score (nSPS) is 10.4. The standard InChI is InChI=1S/C12H7BrClNO5S/c13-8-3-6(14)4-9(15(18)19)11(8)20-5-7-1-2-10(21-7)12(16)17/h1-4H,5H2,(H,16,17). The SMILES string of the molecule is O=C(O)c1ccc(COc2c(Br)cc(Cl)cc2[N+](=O)[O-])s1. The summed E-state index contributed by atoms with van der Waals surface area (Å²) in [6.45, 7) is 0.0268. The number of nitro groups is 1. The Morgan fingerprint density at radius 2 is 2.19 bits per heavy atom. The van der Waals surface area contributed by atoms with Gasteiger partial charge in [-0.25, -0.2) is 4.79 Å². The summed E-state index contributed by atoms with van der Waals surface area (Å²) in [5.41, 5.74) is -0.260. The number of nitrogens with zero attached hydrogens (tertiary/aromatic N) is 1. The van der Waals surface area contributed by atoms with Crippen LogP contribution in [0.15, 0.2) is 28.7 Å². The van der Waals surface area contributed by atoms with Gasteiger partial charge in [0.25, 0.3) is 0 Å². The van der Waals surface area contributed by atoms with Gasteiger partial charge in [-0.3, -0.25) is 10.1 Å². The van der Waals surface area contributed by atoms with Gasteiger partial charge >= 0.3 is 11.7 Å². The number of benzene rings is 1. The molecule has 110 valence electrons. The minimum atomic E-state index is -1.02. The maximum absolute atomic E-state index is 11.0. The molecule has 0 unspecified atom stereocenters. The fraction of sp³-hybridized carbons (Fsp3) is 0.0833. The van der Waals surface area contributed by atoms with Crippen LogP contribution in [0.3, 0.4) is 0 Å². The van der Waals surface area contributed by atoms with Crippen LogP contribution in [0, 0.1) is 10.1 Å². The van der Waals surface area contributed by atoms with Crippen LogP contribution in [0.2, 0.25) is 5.02 Å². The van der Waals surface area contributed by atoms with Gasteiger partial charge in [0.05, 0.1) is 9.40 Å². The van der Waals surface area contributed by atoms with E-state index < -0.39 is 10.9 Å². The third-order valence-corrected chi connectivity index (χ3v) is 4.27. The number of hydrogen-bond donors (Lipinski definition) is 1. The van der Waals surface area contributed by atoms with Crippen molar-refractivity contribution < 1.29 is 19.6 Å². The number of hydrogen-bond acceptors (Lipinski definition) is 5. The smallest absolute Gasteiger partial charge is 0.345 e. The third kappa shape index (κ3) is 3.72. The fourth-order valence-electron chi connectivity index (χ4n) is 1.54. The Bertz CT molecular complexity index is 718. The van der Waals surface area contributed by atoms with Crippen LogP contribution in [0.1, 0.15) is 14.5 Å². The number of rotatable bonds is 5. The molecule has 0 aliphatic heterocycles. The lowest BCUT2D eigenvalue weighted by atomic mass is 10.3. The summed E-state index contributed by atoms with van der Waals surface area (Å²) in [4.78, 5) is 22.0. The quantitative estimate of drug-likeness (QED) is 0.603. The average Bonchev–Trinajstić information content (AvgIpc) is 2.85. The molecule has 0 atom stereocenters. The van der Waals surface area contributed by atoms with Gasteiger partial charge in [0.1, 0.15) is 11.5 Å². The summed E-state index contributed by atoms with van der Waals surface area (Å²) in [7, 11) is 0. The monoisotopic (exact) mass is 391 g/mol. The number of carboxylic acid groups (broad SMARTS) is 1. The molecule has 0 bridgehead atoms. The van der Waals surface area contributed by atoms with E-state index >= 15 is 0 Å². The summed E-state index contributed by atoms with van der Waals surface area (Å²) in [5.74, 6) is -0.973. The van der Waals surface area contributed by atoms with Gasteiger partial charge in [-0.15, -0.1) is 11.3 Å². The summed E-state index contributed by atoms with van der Waals surface area (Å²) in [6.07, 6.45) is 0. The summed E-state index contributed by atoms with van der Waals surface area (Å²) in [5, 5.41) is 20.0. The lowest BCUT2D eigenvalue weighted by Gasteiger charge is -2.08. The minimum Gasteiger partial charge on any atom is -0.480 e. The largest absolute Gasteiger partial charge is 0.480 e. The molecule has 0 amide bonds. The van der Waals surface area contributed by atoms with Gasteiger partial charge in [-0.05, 0) is 34.1 Å². The third-order valence-electron chi connectivity index (χ3n) is 2.42. The highest BCUT2D eigenvalue weighted by atomic mass is 79.9. The topological polar surface area (TPSA) is 89.7 Å². The Labute approximate surface area is 136 Å². The van der Waals surface area contributed by atoms with Gasteiger partial charge in [0, 0.05) is 16.0 Å². The Morgan fingerprint density at radius 1 is 1.48 bits per heavy atom. The summed E-state index contributed by atoms with van der Waals surface area (Å²) >= 11 is 9.98. The minimum absolute atomic E-state index is 0.0268. The van der Waals surface area contributed by atoms with Crippen molar-refractivity contribution in [2.45, 2.75) is 6.61 Å². The van der Waals surface area contributed by atoms with Crippen LogP contribution < -0.4 is 4.74 Å². The van der Waals surface area contributed by atoms with E-state index in [0.717, 1.165) is 11.3 Å². The maximum Gasteiger partial charge on any atom is 0.345 e. The number of aromatic carboxylic acids is 1. The Kier molecular flexibility index (Phi) is 4.81. The van der Waals surface area contributed by atoms with Crippen LogP contribution >= 0.6 is 38.9 Å². The predicted molar refractivity (Wildman–Crippen MR) is 81.4 cm³/mol. The van der Waals surface area contributed by atoms with E-state index in [1.54, 1.807) is 6.07 Å². The molecule has 1 heterocycles. The number of ether oxygens (including phenoxy) is 1. The van der Waals surface area contributed by atoms with Gasteiger partial charge in [0.2, 0.25) is 5.75 Å². The molecule has 1 N–H and O–H groups in total. The first-order valence-electron chi connectivity index (χ1n) is 5.46. The van der Waals surface area contributed by atoms with Gasteiger partial charge in [0.15, 0.2) is 0 Å². The molecule has 0 fully saturated rings. The van der Waals surface area contributed by atoms with Gasteiger partial charge in [-0.1, -0.05) is 11.6 Å². The molecular formula is C12H7BrClNO5S. The van der Waals surface area contributed by atoms with Crippen molar-refractivity contribution >= 4 is 50.5 Å². The lowest BCUT2D eigenvalue weighted by Crippen LogP contribution is -1.99. The molecule has 1 aromatic carbocycles. The highest BCUT2D eigenvalue weighted by Crippen LogP contribution is 2.38. The van der Waals surface area contributed by atoms with Crippen LogP contribution in [-0.2, 0) is 6.61 Å². The van der Waals surface area contributed by atoms with E-state index in [1.807, 2.05) is 0 Å². The molecule has 21 heavy (non-hydrogen) atoms. The van der Waals surface area contributed by atoms with Crippen LogP contribution in [0.5, 0.6) is 5.75 Å². The molecule has 2 aromatic rings. The molecule has 0 saturated heterocycles. The average molecular weight is 393 g/mol. The van der Waals surface area contributed by atoms with E-state index in [1.165, 1.54) is 18.2 Å². The molecule has 2 rings (SSSR count). The van der Waals surface area contributed by atoms with Crippen LogP contribution in [0.25, 0.3) is 0 Å². The molecule has 0 spiro atoms. The van der Waals surface area contributed by atoms with Crippen molar-refractivity contribution in [3.63, 3.8) is 0 Å². The molecule has 9 heteroatoms. The fourth-order valence-corrected chi connectivity index (χ4v) is 3.21. The van der Waals surface area contributed by atoms with E-state index in [0.29, 0.717) is 9.35 Å². The van der Waals surface area contributed by atoms with Crippen molar-refractivity contribution in [1.82, 2.24) is 0 Å². The molecular weight excluding hydrogens is 386 g/mol. The predicted octanol–water partition coefficient (Wildman–Crippen LogP) is 4.35. The second-order valence-corrected chi connectivity index (χ2v) is 6.31. The van der Waals surface area contributed by atoms with Crippen molar-refractivity contribution in [3.8, 4) is 5.75 Å². The molecule has 0 aliphatic rings. The molecule has 0 aliphatic carbocycles. The van der Waals surface area contributed by atoms with Crippen molar-refractivity contribution in [1.29, 1.82) is 0 Å². The Hall–Kier alpha value is -1.64. The van der Waals surface area contributed by atoms with Gasteiger partial charge < -0.3 is 9.84 Å². The van der Waals surface area contributed by atoms with Crippen molar-refractivity contribution in [2.24, 2.45) is 0 Å². The van der Waals surface area contributed by atoms with Gasteiger partial charge in [-0.2, -0.15) is 0 Å². The van der Waals surface area contributed by atoms with E-state index in [-0.39, 0.29) is 27.9 Å². The number of halogens is 2. The second kappa shape index (κ2) is 6.42. The first-order valence-corrected chi connectivity index (χ1v) is 7.45. The van der Waals surface area contributed by atoms with Crippen molar-refractivity contribution in [2.75, 3.05) is 0 Å². The highest BCUT2D eigenvalue weighted by Gasteiger charge is 2.20. The van der Waals surface area contributed by atoms with E-state index in [9.17, 15) is 14.9 Å². The zero-order chi connectivity index (χ0) is 15.6. The summed E-state index contributed by atoms with van der Waals surface area (Å²) in [6, 6.07) is 5.74. The first-order chi connectivity index (χ1) is 9.88. The van der Waals surface area contributed by atoms with Crippen LogP contribution in [-0.4, -0.2) is 16.0 Å². The number of carboxylic acids is 1. The zero-order valence-corrected chi connectivity index (χ0v) is 13.4. The Balaban J connectivity index is 2.23. The Morgan fingerprint density at radius 3 is 2.76 bits per heavy atom. The molecule has 0 saturated carbocycles. The molecule has 6 nitrogen and oxygen atoms in total. The summed E-state index contributed by atoms with van der Waals surface area (Å²) < 4.78 is 5.79. The van der Waals surface area contributed by atoms with Crippen LogP contribution in [0.4, 0.5) is 5.69 Å². The molecule has 0 radical (unpaired) electrons.